The maximum atomic E-state index is 13.9. The van der Waals surface area contributed by atoms with Crippen LogP contribution in [0.1, 0.15) is 68.3 Å². The Morgan fingerprint density at radius 1 is 1.05 bits per heavy atom. The van der Waals surface area contributed by atoms with E-state index in [1.165, 1.54) is 24.9 Å². The van der Waals surface area contributed by atoms with Crippen LogP contribution in [0.5, 0.6) is 5.75 Å². The van der Waals surface area contributed by atoms with Crippen LogP contribution in [-0.2, 0) is 10.2 Å². The molecule has 0 unspecified atom stereocenters. The minimum Gasteiger partial charge on any atom is -0.497 e. The zero-order valence-electron chi connectivity index (χ0n) is 23.1. The fraction of sp³-hybridized carbons (Fsp3) is 0.594. The molecule has 5 rings (SSSR count). The first-order valence-corrected chi connectivity index (χ1v) is 14.2. The molecule has 0 bridgehead atoms. The van der Waals surface area contributed by atoms with E-state index in [0.717, 1.165) is 62.5 Å². The molecule has 3 aliphatic rings. The van der Waals surface area contributed by atoms with Gasteiger partial charge in [-0.05, 0) is 86.7 Å². The molecule has 5 nitrogen and oxygen atoms in total. The van der Waals surface area contributed by atoms with E-state index < -0.39 is 0 Å². The molecular formula is C32H44N2O3. The maximum absolute atomic E-state index is 13.9. The first-order chi connectivity index (χ1) is 17.9. The molecule has 1 heterocycles. The van der Waals surface area contributed by atoms with E-state index in [4.69, 9.17) is 9.47 Å². The Morgan fingerprint density at radius 2 is 1.84 bits per heavy atom. The van der Waals surface area contributed by atoms with Gasteiger partial charge < -0.3 is 19.3 Å². The number of likely N-dealkylation sites (tertiary alicyclic amines) is 1. The van der Waals surface area contributed by atoms with E-state index in [0.29, 0.717) is 5.92 Å². The van der Waals surface area contributed by atoms with E-state index in [1.54, 1.807) is 7.11 Å². The summed E-state index contributed by atoms with van der Waals surface area (Å²) in [5, 5.41) is 0. The number of hydrogen-bond donors (Lipinski definition) is 0. The molecular weight excluding hydrogens is 460 g/mol. The molecule has 0 N–H and O–H groups in total. The Balaban J connectivity index is 1.53. The van der Waals surface area contributed by atoms with Gasteiger partial charge in [0, 0.05) is 43.8 Å². The third-order valence-electron chi connectivity index (χ3n) is 9.18. The van der Waals surface area contributed by atoms with Crippen molar-refractivity contribution in [3.8, 4) is 5.75 Å². The van der Waals surface area contributed by atoms with Gasteiger partial charge in [-0.2, -0.15) is 0 Å². The fourth-order valence-electron chi connectivity index (χ4n) is 7.11. The molecule has 0 aromatic heterocycles. The Hall–Kier alpha value is -2.37. The highest BCUT2D eigenvalue weighted by Gasteiger charge is 2.60. The Morgan fingerprint density at radius 3 is 2.51 bits per heavy atom. The number of fused-ring (bicyclic) bond motifs is 1. The van der Waals surface area contributed by atoms with Crippen molar-refractivity contribution in [2.75, 3.05) is 40.4 Å². The molecule has 200 valence electrons. The summed E-state index contributed by atoms with van der Waals surface area (Å²) in [5.74, 6) is 2.30. The molecule has 5 heteroatoms. The minimum atomic E-state index is -0.275. The lowest BCUT2D eigenvalue weighted by Crippen LogP contribution is -2.68. The number of hydrogen-bond acceptors (Lipinski definition) is 4. The molecule has 1 aliphatic heterocycles. The normalized spacial score (nSPS) is 28.1. The first kappa shape index (κ1) is 26.2. The van der Waals surface area contributed by atoms with E-state index in [2.05, 4.69) is 41.8 Å². The largest absolute Gasteiger partial charge is 0.497 e. The fourth-order valence-corrected chi connectivity index (χ4v) is 7.11. The smallest absolute Gasteiger partial charge is 0.254 e. The summed E-state index contributed by atoms with van der Waals surface area (Å²) >= 11 is 0. The van der Waals surface area contributed by atoms with Crippen LogP contribution in [0.15, 0.2) is 54.6 Å². The van der Waals surface area contributed by atoms with Crippen LogP contribution in [0, 0.1) is 11.8 Å². The van der Waals surface area contributed by atoms with Crippen molar-refractivity contribution in [1.29, 1.82) is 0 Å². The second kappa shape index (κ2) is 10.8. The molecule has 3 fully saturated rings. The number of carbonyl (C=O) groups excluding carboxylic acids is 1. The van der Waals surface area contributed by atoms with Crippen LogP contribution in [0.2, 0.25) is 0 Å². The van der Waals surface area contributed by atoms with Crippen LogP contribution < -0.4 is 4.74 Å². The number of nitrogens with zero attached hydrogens (tertiary/aromatic N) is 2. The van der Waals surface area contributed by atoms with Gasteiger partial charge in [0.05, 0.1) is 12.7 Å². The maximum Gasteiger partial charge on any atom is 0.254 e. The second-order valence-corrected chi connectivity index (χ2v) is 12.1. The monoisotopic (exact) mass is 504 g/mol. The van der Waals surface area contributed by atoms with Gasteiger partial charge in [-0.25, -0.2) is 0 Å². The molecule has 0 radical (unpaired) electrons. The van der Waals surface area contributed by atoms with E-state index in [-0.39, 0.29) is 23.0 Å². The third kappa shape index (κ3) is 5.18. The van der Waals surface area contributed by atoms with Crippen LogP contribution >= 0.6 is 0 Å². The van der Waals surface area contributed by atoms with Gasteiger partial charge in [-0.3, -0.25) is 4.79 Å². The number of ether oxygens (including phenoxy) is 2. The SMILES string of the molecule is COc1cccc([C@@]23CCN(CC4CC4)C[C@@]2(OC)CC[C@H](N(CC(C)C)C(=O)c2ccccc2)C3)c1. The highest BCUT2D eigenvalue weighted by molar-refractivity contribution is 5.94. The number of methoxy groups -OCH3 is 2. The molecule has 3 atom stereocenters. The Labute approximate surface area is 223 Å². The highest BCUT2D eigenvalue weighted by atomic mass is 16.5. The van der Waals surface area contributed by atoms with E-state index >= 15 is 0 Å². The predicted molar refractivity (Wildman–Crippen MR) is 148 cm³/mol. The Kier molecular flexibility index (Phi) is 7.65. The number of amides is 1. The zero-order valence-corrected chi connectivity index (χ0v) is 23.1. The number of carbonyl (C=O) groups is 1. The lowest BCUT2D eigenvalue weighted by Gasteiger charge is -2.61. The van der Waals surface area contributed by atoms with Gasteiger partial charge >= 0.3 is 0 Å². The van der Waals surface area contributed by atoms with Crippen molar-refractivity contribution in [3.63, 3.8) is 0 Å². The molecule has 2 aromatic rings. The van der Waals surface area contributed by atoms with E-state index in [9.17, 15) is 4.79 Å². The van der Waals surface area contributed by atoms with Crippen LogP contribution in [-0.4, -0.2) is 67.7 Å². The average Bonchev–Trinajstić information content (AvgIpc) is 3.75. The van der Waals surface area contributed by atoms with Crippen molar-refractivity contribution >= 4 is 5.91 Å². The quantitative estimate of drug-likeness (QED) is 0.434. The number of rotatable bonds is 9. The molecule has 2 aliphatic carbocycles. The van der Waals surface area contributed by atoms with Gasteiger partial charge in [0.1, 0.15) is 5.75 Å². The summed E-state index contributed by atoms with van der Waals surface area (Å²) in [7, 11) is 3.65. The molecule has 0 spiro atoms. The second-order valence-electron chi connectivity index (χ2n) is 12.1. The van der Waals surface area contributed by atoms with Gasteiger partial charge in [0.15, 0.2) is 0 Å². The molecule has 1 saturated heterocycles. The van der Waals surface area contributed by atoms with E-state index in [1.807, 2.05) is 43.5 Å². The van der Waals surface area contributed by atoms with Crippen molar-refractivity contribution in [2.24, 2.45) is 11.8 Å². The third-order valence-corrected chi connectivity index (χ3v) is 9.18. The van der Waals surface area contributed by atoms with Crippen molar-refractivity contribution in [3.05, 3.63) is 65.7 Å². The first-order valence-electron chi connectivity index (χ1n) is 14.2. The summed E-state index contributed by atoms with van der Waals surface area (Å²) in [6, 6.07) is 18.6. The highest BCUT2D eigenvalue weighted by Crippen LogP contribution is 2.55. The molecule has 1 amide bonds. The van der Waals surface area contributed by atoms with Gasteiger partial charge in [0.2, 0.25) is 0 Å². The predicted octanol–water partition coefficient (Wildman–Crippen LogP) is 5.78. The number of benzene rings is 2. The molecule has 2 aromatic carbocycles. The van der Waals surface area contributed by atoms with Gasteiger partial charge in [-0.1, -0.05) is 44.2 Å². The Bertz CT molecular complexity index is 1070. The van der Waals surface area contributed by atoms with Crippen LogP contribution in [0.3, 0.4) is 0 Å². The summed E-state index contributed by atoms with van der Waals surface area (Å²) in [5.41, 5.74) is 1.62. The molecule has 37 heavy (non-hydrogen) atoms. The van der Waals surface area contributed by atoms with Crippen LogP contribution in [0.4, 0.5) is 0 Å². The summed E-state index contributed by atoms with van der Waals surface area (Å²) in [6.07, 6.45) is 6.59. The number of piperidine rings is 1. The minimum absolute atomic E-state index is 0.149. The lowest BCUT2D eigenvalue weighted by molar-refractivity contribution is -0.155. The van der Waals surface area contributed by atoms with Crippen molar-refractivity contribution < 1.29 is 14.3 Å². The summed E-state index contributed by atoms with van der Waals surface area (Å²) < 4.78 is 12.3. The van der Waals surface area contributed by atoms with Gasteiger partial charge in [-0.15, -0.1) is 0 Å². The molecule has 2 saturated carbocycles. The standard InChI is InChI=1S/C32H44N2O3/c1-24(2)21-34(30(35)26-9-6-5-7-10-26)28-15-16-32(37-4)23-33(22-25-13-14-25)18-17-31(32,20-28)27-11-8-12-29(19-27)36-3/h5-12,19,24-25,28H,13-18,20-23H2,1-4H3/t28-,31-,32-/m0/s1. The summed E-state index contributed by atoms with van der Waals surface area (Å²) in [4.78, 5) is 18.7. The van der Waals surface area contributed by atoms with Crippen molar-refractivity contribution in [1.82, 2.24) is 9.80 Å². The zero-order chi connectivity index (χ0) is 26.0. The average molecular weight is 505 g/mol. The van der Waals surface area contributed by atoms with Gasteiger partial charge in [0.25, 0.3) is 5.91 Å². The summed E-state index contributed by atoms with van der Waals surface area (Å²) in [6.45, 7) is 8.40. The lowest BCUT2D eigenvalue weighted by atomic mass is 9.54. The van der Waals surface area contributed by atoms with Crippen molar-refractivity contribution in [2.45, 2.75) is 69.4 Å². The van der Waals surface area contributed by atoms with Crippen LogP contribution in [0.25, 0.3) is 0 Å². The topological polar surface area (TPSA) is 42.0 Å².